The minimum atomic E-state index is 0.150. The molecule has 0 radical (unpaired) electrons. The van der Waals surface area contributed by atoms with Crippen LogP contribution in [-0.2, 0) is 6.54 Å². The van der Waals surface area contributed by atoms with Crippen LogP contribution in [0.2, 0.25) is 0 Å². The van der Waals surface area contributed by atoms with Gasteiger partial charge in [-0.1, -0.05) is 20.8 Å². The third kappa shape index (κ3) is 3.35. The van der Waals surface area contributed by atoms with Gasteiger partial charge in [0.15, 0.2) is 0 Å². The predicted molar refractivity (Wildman–Crippen MR) is 67.1 cm³/mol. The van der Waals surface area contributed by atoms with Crippen LogP contribution in [0.3, 0.4) is 0 Å². The average molecular weight is 224 g/mol. The van der Waals surface area contributed by atoms with Gasteiger partial charge in [-0.3, -0.25) is 4.90 Å². The van der Waals surface area contributed by atoms with Gasteiger partial charge in [-0.05, 0) is 25.5 Å². The first kappa shape index (κ1) is 13.3. The van der Waals surface area contributed by atoms with E-state index < -0.39 is 0 Å². The van der Waals surface area contributed by atoms with Gasteiger partial charge in [0.1, 0.15) is 0 Å². The molecule has 0 saturated carbocycles. The number of nitrogens with two attached hydrogens (primary N) is 1. The molecular formula is C13H24N2O. The Morgan fingerprint density at radius 3 is 2.44 bits per heavy atom. The minimum Gasteiger partial charge on any atom is -0.472 e. The Hall–Kier alpha value is -0.800. The van der Waals surface area contributed by atoms with E-state index in [-0.39, 0.29) is 11.5 Å². The molecule has 0 bridgehead atoms. The summed E-state index contributed by atoms with van der Waals surface area (Å²) in [5.41, 5.74) is 7.45. The predicted octanol–water partition coefficient (Wildman–Crippen LogP) is 2.47. The summed E-state index contributed by atoms with van der Waals surface area (Å²) in [5, 5.41) is 0. The van der Waals surface area contributed by atoms with E-state index in [0.29, 0.717) is 6.04 Å². The Kier molecular flexibility index (Phi) is 4.16. The normalized spacial score (nSPS) is 16.4. The van der Waals surface area contributed by atoms with Gasteiger partial charge in [-0.25, -0.2) is 0 Å². The van der Waals surface area contributed by atoms with Crippen molar-refractivity contribution < 1.29 is 4.42 Å². The van der Waals surface area contributed by atoms with Crippen LogP contribution in [0.4, 0.5) is 0 Å². The van der Waals surface area contributed by atoms with E-state index in [0.717, 1.165) is 6.54 Å². The van der Waals surface area contributed by atoms with Crippen molar-refractivity contribution in [2.75, 3.05) is 7.05 Å². The van der Waals surface area contributed by atoms with Crippen LogP contribution in [0.25, 0.3) is 0 Å². The smallest absolute Gasteiger partial charge is 0.0947 e. The molecule has 0 aliphatic rings. The quantitative estimate of drug-likeness (QED) is 0.854. The fourth-order valence-electron chi connectivity index (χ4n) is 2.62. The molecule has 2 N–H and O–H groups in total. The molecule has 1 aromatic heterocycles. The monoisotopic (exact) mass is 224 g/mol. The van der Waals surface area contributed by atoms with E-state index >= 15 is 0 Å². The second-order valence-electron chi connectivity index (χ2n) is 5.72. The lowest BCUT2D eigenvalue weighted by atomic mass is 9.82. The Labute approximate surface area is 98.6 Å². The Morgan fingerprint density at radius 1 is 1.44 bits per heavy atom. The van der Waals surface area contributed by atoms with Gasteiger partial charge in [-0.2, -0.15) is 0 Å². The maximum atomic E-state index is 6.09. The maximum absolute atomic E-state index is 6.09. The molecule has 1 aromatic rings. The standard InChI is InChI=1S/C13H24N2O/c1-10(14)12(13(2,3)4)15(5)8-11-6-7-16-9-11/h6-7,9-10,12H,8,14H2,1-5H3. The fraction of sp³-hybridized carbons (Fsp3) is 0.692. The molecule has 2 atom stereocenters. The third-order valence-electron chi connectivity index (χ3n) is 2.87. The summed E-state index contributed by atoms with van der Waals surface area (Å²) in [6.45, 7) is 9.63. The molecule has 0 fully saturated rings. The van der Waals surface area contributed by atoms with Crippen molar-refractivity contribution in [1.82, 2.24) is 4.90 Å². The summed E-state index contributed by atoms with van der Waals surface area (Å²) in [5.74, 6) is 0. The Bertz CT molecular complexity index is 298. The zero-order valence-corrected chi connectivity index (χ0v) is 11.0. The summed E-state index contributed by atoms with van der Waals surface area (Å²) in [7, 11) is 2.12. The van der Waals surface area contributed by atoms with Crippen LogP contribution in [0.5, 0.6) is 0 Å². The van der Waals surface area contributed by atoms with Crippen LogP contribution in [0, 0.1) is 5.41 Å². The molecule has 0 aromatic carbocycles. The highest BCUT2D eigenvalue weighted by molar-refractivity contribution is 5.05. The van der Waals surface area contributed by atoms with Gasteiger partial charge >= 0.3 is 0 Å². The first-order chi connectivity index (χ1) is 7.32. The Morgan fingerprint density at radius 2 is 2.06 bits per heavy atom. The molecule has 0 spiro atoms. The number of hydrogen-bond donors (Lipinski definition) is 1. The molecule has 1 heterocycles. The van der Waals surface area contributed by atoms with Crippen molar-refractivity contribution in [3.63, 3.8) is 0 Å². The molecule has 0 amide bonds. The highest BCUT2D eigenvalue weighted by Crippen LogP contribution is 2.26. The van der Waals surface area contributed by atoms with Gasteiger partial charge in [0.25, 0.3) is 0 Å². The van der Waals surface area contributed by atoms with E-state index in [1.54, 1.807) is 12.5 Å². The number of rotatable bonds is 4. The second kappa shape index (κ2) is 5.02. The second-order valence-corrected chi connectivity index (χ2v) is 5.72. The van der Waals surface area contributed by atoms with Crippen LogP contribution in [0.15, 0.2) is 23.0 Å². The van der Waals surface area contributed by atoms with Gasteiger partial charge in [0.2, 0.25) is 0 Å². The van der Waals surface area contributed by atoms with Gasteiger partial charge < -0.3 is 10.2 Å². The largest absolute Gasteiger partial charge is 0.472 e. The summed E-state index contributed by atoms with van der Waals surface area (Å²) in [6, 6.07) is 2.50. The topological polar surface area (TPSA) is 42.4 Å². The Balaban J connectivity index is 2.72. The molecule has 0 aliphatic heterocycles. The van der Waals surface area contributed by atoms with Crippen LogP contribution in [-0.4, -0.2) is 24.0 Å². The first-order valence-corrected chi connectivity index (χ1v) is 5.79. The van der Waals surface area contributed by atoms with Crippen molar-refractivity contribution in [3.8, 4) is 0 Å². The zero-order valence-electron chi connectivity index (χ0n) is 11.0. The first-order valence-electron chi connectivity index (χ1n) is 5.79. The van der Waals surface area contributed by atoms with E-state index in [9.17, 15) is 0 Å². The number of likely N-dealkylation sites (N-methyl/N-ethyl adjacent to an activating group) is 1. The molecule has 3 heteroatoms. The number of nitrogens with zero attached hydrogens (tertiary/aromatic N) is 1. The van der Waals surface area contributed by atoms with E-state index in [1.807, 2.05) is 6.07 Å². The van der Waals surface area contributed by atoms with Gasteiger partial charge in [-0.15, -0.1) is 0 Å². The highest BCUT2D eigenvalue weighted by Gasteiger charge is 2.31. The third-order valence-corrected chi connectivity index (χ3v) is 2.87. The lowest BCUT2D eigenvalue weighted by Gasteiger charge is -2.40. The van der Waals surface area contributed by atoms with E-state index in [2.05, 4.69) is 39.6 Å². The molecule has 0 saturated heterocycles. The lowest BCUT2D eigenvalue weighted by Crippen LogP contribution is -2.51. The van der Waals surface area contributed by atoms with E-state index in [1.165, 1.54) is 5.56 Å². The van der Waals surface area contributed by atoms with Crippen molar-refractivity contribution in [1.29, 1.82) is 0 Å². The maximum Gasteiger partial charge on any atom is 0.0947 e. The van der Waals surface area contributed by atoms with Gasteiger partial charge in [0.05, 0.1) is 12.5 Å². The van der Waals surface area contributed by atoms with Crippen LogP contribution >= 0.6 is 0 Å². The molecule has 92 valence electrons. The lowest BCUT2D eigenvalue weighted by molar-refractivity contribution is 0.100. The summed E-state index contributed by atoms with van der Waals surface area (Å²) in [4.78, 5) is 2.30. The summed E-state index contributed by atoms with van der Waals surface area (Å²) in [6.07, 6.45) is 3.50. The molecule has 3 nitrogen and oxygen atoms in total. The highest BCUT2D eigenvalue weighted by atomic mass is 16.3. The summed E-state index contributed by atoms with van der Waals surface area (Å²) >= 11 is 0. The van der Waals surface area contributed by atoms with Crippen molar-refractivity contribution in [3.05, 3.63) is 24.2 Å². The van der Waals surface area contributed by atoms with Crippen molar-refractivity contribution in [2.45, 2.75) is 46.3 Å². The molecular weight excluding hydrogens is 200 g/mol. The molecule has 16 heavy (non-hydrogen) atoms. The molecule has 0 aliphatic carbocycles. The SMILES string of the molecule is CC(N)C(N(C)Cc1ccoc1)C(C)(C)C. The van der Waals surface area contributed by atoms with Crippen molar-refractivity contribution in [2.24, 2.45) is 11.1 Å². The zero-order chi connectivity index (χ0) is 12.3. The van der Waals surface area contributed by atoms with Gasteiger partial charge in [0, 0.05) is 24.2 Å². The fourth-order valence-corrected chi connectivity index (χ4v) is 2.62. The molecule has 1 rings (SSSR count). The summed E-state index contributed by atoms with van der Waals surface area (Å²) < 4.78 is 5.08. The average Bonchev–Trinajstić information content (AvgIpc) is 2.52. The number of furan rings is 1. The number of hydrogen-bond acceptors (Lipinski definition) is 3. The molecule has 2 unspecified atom stereocenters. The van der Waals surface area contributed by atoms with Crippen LogP contribution in [0.1, 0.15) is 33.3 Å². The minimum absolute atomic E-state index is 0.150. The van der Waals surface area contributed by atoms with Crippen molar-refractivity contribution >= 4 is 0 Å². The van der Waals surface area contributed by atoms with E-state index in [4.69, 9.17) is 10.2 Å². The van der Waals surface area contributed by atoms with Crippen LogP contribution < -0.4 is 5.73 Å².